The Bertz CT molecular complexity index is 1090. The fraction of sp³-hybridized carbons (Fsp3) is 0.478. The van der Waals surface area contributed by atoms with Gasteiger partial charge in [0.2, 0.25) is 0 Å². The number of thioether (sulfide) groups is 1. The van der Waals surface area contributed by atoms with Crippen molar-refractivity contribution in [3.63, 3.8) is 0 Å². The predicted molar refractivity (Wildman–Crippen MR) is 121 cm³/mol. The van der Waals surface area contributed by atoms with Gasteiger partial charge in [-0.2, -0.15) is 0 Å². The number of hydrogen-bond acceptors (Lipinski definition) is 4. The highest BCUT2D eigenvalue weighted by Gasteiger charge is 2.32. The zero-order valence-corrected chi connectivity index (χ0v) is 19.0. The van der Waals surface area contributed by atoms with Crippen molar-refractivity contribution in [2.75, 3.05) is 5.75 Å². The van der Waals surface area contributed by atoms with Crippen molar-refractivity contribution in [1.29, 1.82) is 0 Å². The number of para-hydroxylation sites is 1. The molecule has 0 bridgehead atoms. The molecule has 148 valence electrons. The van der Waals surface area contributed by atoms with E-state index in [1.54, 1.807) is 23.1 Å². The van der Waals surface area contributed by atoms with Gasteiger partial charge in [-0.05, 0) is 60.5 Å². The Labute approximate surface area is 175 Å². The van der Waals surface area contributed by atoms with Gasteiger partial charge in [0.15, 0.2) is 5.16 Å². The summed E-state index contributed by atoms with van der Waals surface area (Å²) in [6.07, 6.45) is 3.21. The molecule has 1 aliphatic rings. The lowest BCUT2D eigenvalue weighted by Crippen LogP contribution is -2.27. The van der Waals surface area contributed by atoms with E-state index in [9.17, 15) is 4.79 Å². The highest BCUT2D eigenvalue weighted by molar-refractivity contribution is 7.99. The van der Waals surface area contributed by atoms with Crippen LogP contribution in [-0.4, -0.2) is 15.3 Å². The molecule has 2 heterocycles. The average Bonchev–Trinajstić information content (AvgIpc) is 3.00. The van der Waals surface area contributed by atoms with E-state index in [2.05, 4.69) is 40.7 Å². The molecule has 0 fully saturated rings. The summed E-state index contributed by atoms with van der Waals surface area (Å²) >= 11 is 3.39. The van der Waals surface area contributed by atoms with Crippen molar-refractivity contribution in [3.05, 3.63) is 50.6 Å². The van der Waals surface area contributed by atoms with Crippen molar-refractivity contribution in [2.45, 2.75) is 59.0 Å². The highest BCUT2D eigenvalue weighted by Crippen LogP contribution is 2.42. The largest absolute Gasteiger partial charge is 0.268 e. The molecule has 0 amide bonds. The molecule has 0 saturated carbocycles. The van der Waals surface area contributed by atoms with Gasteiger partial charge < -0.3 is 0 Å². The normalized spacial score (nSPS) is 17.1. The molecule has 0 aliphatic heterocycles. The minimum atomic E-state index is 0.0990. The smallest absolute Gasteiger partial charge is 0.267 e. The van der Waals surface area contributed by atoms with Crippen LogP contribution in [0.1, 0.15) is 50.1 Å². The summed E-state index contributed by atoms with van der Waals surface area (Å²) in [5, 5.41) is 1.66. The number of aromatic nitrogens is 2. The number of fused-ring (bicyclic) bond motifs is 3. The van der Waals surface area contributed by atoms with Crippen LogP contribution in [0.3, 0.4) is 0 Å². The monoisotopic (exact) mass is 412 g/mol. The van der Waals surface area contributed by atoms with Crippen LogP contribution in [0.5, 0.6) is 0 Å². The maximum atomic E-state index is 13.7. The van der Waals surface area contributed by atoms with Gasteiger partial charge in [0.1, 0.15) is 4.83 Å². The molecule has 1 aromatic carbocycles. The second kappa shape index (κ2) is 7.34. The average molecular weight is 413 g/mol. The quantitative estimate of drug-likeness (QED) is 0.390. The molecule has 0 spiro atoms. The third-order valence-corrected chi connectivity index (χ3v) is 7.88. The summed E-state index contributed by atoms with van der Waals surface area (Å²) in [6.45, 7) is 11.2. The van der Waals surface area contributed by atoms with E-state index in [0.717, 1.165) is 51.6 Å². The first-order valence-corrected chi connectivity index (χ1v) is 11.9. The van der Waals surface area contributed by atoms with Crippen LogP contribution in [-0.2, 0) is 12.8 Å². The molecule has 4 rings (SSSR count). The van der Waals surface area contributed by atoms with Crippen LogP contribution in [0.15, 0.2) is 34.2 Å². The van der Waals surface area contributed by atoms with E-state index in [1.165, 1.54) is 10.4 Å². The third-order valence-electron chi connectivity index (χ3n) is 5.91. The second-order valence-corrected chi connectivity index (χ2v) is 11.1. The summed E-state index contributed by atoms with van der Waals surface area (Å²) in [5.41, 5.74) is 3.70. The van der Waals surface area contributed by atoms with Crippen molar-refractivity contribution < 1.29 is 0 Å². The first-order valence-electron chi connectivity index (χ1n) is 10.1. The summed E-state index contributed by atoms with van der Waals surface area (Å²) in [4.78, 5) is 21.0. The van der Waals surface area contributed by atoms with E-state index in [-0.39, 0.29) is 5.56 Å². The fourth-order valence-corrected chi connectivity index (χ4v) is 6.27. The van der Waals surface area contributed by atoms with Gasteiger partial charge in [0.25, 0.3) is 5.56 Å². The minimum absolute atomic E-state index is 0.0990. The molecule has 3 nitrogen and oxygen atoms in total. The second-order valence-electron chi connectivity index (χ2n) is 8.74. The Morgan fingerprint density at radius 2 is 2.04 bits per heavy atom. The zero-order valence-electron chi connectivity index (χ0n) is 17.3. The van der Waals surface area contributed by atoms with Crippen molar-refractivity contribution in [2.24, 2.45) is 11.3 Å². The predicted octanol–water partition coefficient (Wildman–Crippen LogP) is 6.02. The van der Waals surface area contributed by atoms with Gasteiger partial charge in [-0.3, -0.25) is 9.36 Å². The Morgan fingerprint density at radius 3 is 2.71 bits per heavy atom. The van der Waals surface area contributed by atoms with Crippen molar-refractivity contribution in [3.8, 4) is 5.69 Å². The summed E-state index contributed by atoms with van der Waals surface area (Å²) in [5.74, 6) is 1.55. The molecule has 1 aliphatic carbocycles. The molecule has 3 aromatic rings. The van der Waals surface area contributed by atoms with E-state index < -0.39 is 0 Å². The number of rotatable bonds is 3. The van der Waals surface area contributed by atoms with Crippen LogP contribution < -0.4 is 5.56 Å². The van der Waals surface area contributed by atoms with Gasteiger partial charge in [-0.25, -0.2) is 4.98 Å². The topological polar surface area (TPSA) is 34.9 Å². The molecule has 5 heteroatoms. The highest BCUT2D eigenvalue weighted by atomic mass is 32.2. The Morgan fingerprint density at radius 1 is 1.29 bits per heavy atom. The van der Waals surface area contributed by atoms with Crippen LogP contribution >= 0.6 is 23.1 Å². The number of hydrogen-bond donors (Lipinski definition) is 0. The SMILES string of the molecule is CCSc1nc2sc3c(c2c(=O)n1-c1ccccc1C)CC[C@H](C(C)(C)C)C3. The third kappa shape index (κ3) is 3.33. The molecular weight excluding hydrogens is 384 g/mol. The van der Waals surface area contributed by atoms with Gasteiger partial charge in [-0.15, -0.1) is 11.3 Å². The molecular formula is C23H28N2OS2. The molecule has 28 heavy (non-hydrogen) atoms. The van der Waals surface area contributed by atoms with Gasteiger partial charge in [0, 0.05) is 4.88 Å². The van der Waals surface area contributed by atoms with E-state index >= 15 is 0 Å². The Hall–Kier alpha value is -1.59. The van der Waals surface area contributed by atoms with E-state index in [1.807, 2.05) is 22.8 Å². The minimum Gasteiger partial charge on any atom is -0.268 e. The van der Waals surface area contributed by atoms with Crippen LogP contribution in [0.25, 0.3) is 15.9 Å². The van der Waals surface area contributed by atoms with Gasteiger partial charge >= 0.3 is 0 Å². The molecule has 0 N–H and O–H groups in total. The van der Waals surface area contributed by atoms with Gasteiger partial charge in [-0.1, -0.05) is 57.7 Å². The molecule has 0 saturated heterocycles. The molecule has 0 unspecified atom stereocenters. The van der Waals surface area contributed by atoms with E-state index in [0.29, 0.717) is 11.3 Å². The molecule has 1 atom stereocenters. The maximum Gasteiger partial charge on any atom is 0.267 e. The molecule has 0 radical (unpaired) electrons. The standard InChI is InChI=1S/C23H28N2OS2/c1-6-27-22-24-20-19(21(26)25(22)17-10-8-7-9-14(17)2)16-12-11-15(23(3,4)5)13-18(16)28-20/h7-10,15H,6,11-13H2,1-5H3/t15-/m0/s1. The fourth-order valence-electron chi connectivity index (χ4n) is 4.20. The summed E-state index contributed by atoms with van der Waals surface area (Å²) in [7, 11) is 0. The Kier molecular flexibility index (Phi) is 5.17. The van der Waals surface area contributed by atoms with Crippen LogP contribution in [0.4, 0.5) is 0 Å². The lowest BCUT2D eigenvalue weighted by Gasteiger charge is -2.33. The number of aryl methyl sites for hydroxylation is 2. The lowest BCUT2D eigenvalue weighted by molar-refractivity contribution is 0.218. The number of benzene rings is 1. The van der Waals surface area contributed by atoms with Crippen LogP contribution in [0.2, 0.25) is 0 Å². The van der Waals surface area contributed by atoms with E-state index in [4.69, 9.17) is 4.98 Å². The van der Waals surface area contributed by atoms with Gasteiger partial charge in [0.05, 0.1) is 11.1 Å². The lowest BCUT2D eigenvalue weighted by atomic mass is 9.72. The number of thiophene rings is 1. The first kappa shape index (κ1) is 19.7. The first-order chi connectivity index (χ1) is 13.3. The Balaban J connectivity index is 1.95. The number of nitrogens with zero attached hydrogens (tertiary/aromatic N) is 2. The van der Waals surface area contributed by atoms with Crippen molar-refractivity contribution in [1.82, 2.24) is 9.55 Å². The van der Waals surface area contributed by atoms with Crippen LogP contribution in [0, 0.1) is 18.3 Å². The zero-order chi connectivity index (χ0) is 20.1. The maximum absolute atomic E-state index is 13.7. The summed E-state index contributed by atoms with van der Waals surface area (Å²) < 4.78 is 1.84. The summed E-state index contributed by atoms with van der Waals surface area (Å²) in [6, 6.07) is 8.10. The molecule has 2 aromatic heterocycles. The van der Waals surface area contributed by atoms with Crippen molar-refractivity contribution >= 4 is 33.3 Å².